The van der Waals surface area contributed by atoms with E-state index in [0.29, 0.717) is 0 Å². The minimum Gasteiger partial charge on any atom is -0.263 e. The topological polar surface area (TPSA) is 41.6 Å². The monoisotopic (exact) mass is 207 g/mol. The van der Waals surface area contributed by atoms with E-state index in [0.717, 1.165) is 23.6 Å². The first-order chi connectivity index (χ1) is 6.72. The molecule has 0 aromatic carbocycles. The summed E-state index contributed by atoms with van der Waals surface area (Å²) >= 11 is 1.75. The third-order valence-electron chi connectivity index (χ3n) is 2.39. The van der Waals surface area contributed by atoms with Crippen LogP contribution in [0.1, 0.15) is 23.2 Å². The van der Waals surface area contributed by atoms with Crippen molar-refractivity contribution in [2.45, 2.75) is 27.2 Å². The predicted octanol–water partition coefficient (Wildman–Crippen LogP) is 2.71. The molecule has 0 radical (unpaired) electrons. The fourth-order valence-electron chi connectivity index (χ4n) is 1.31. The second-order valence-electron chi connectivity index (χ2n) is 3.29. The Balaban J connectivity index is 2.44. The maximum Gasteiger partial charge on any atom is 0.182 e. The third-order valence-corrected chi connectivity index (χ3v) is 3.41. The molecule has 0 aliphatic carbocycles. The molecule has 0 fully saturated rings. The lowest BCUT2D eigenvalue weighted by atomic mass is 10.2. The van der Waals surface area contributed by atoms with E-state index in [-0.39, 0.29) is 0 Å². The van der Waals surface area contributed by atoms with E-state index < -0.39 is 0 Å². The number of thiophene rings is 1. The van der Waals surface area contributed by atoms with Crippen molar-refractivity contribution in [1.29, 1.82) is 0 Å². The van der Waals surface area contributed by atoms with E-state index >= 15 is 0 Å². The molecule has 0 aliphatic rings. The van der Waals surface area contributed by atoms with Crippen molar-refractivity contribution in [3.05, 3.63) is 21.6 Å². The fraction of sp³-hybridized carbons (Fsp3) is 0.400. The van der Waals surface area contributed by atoms with Crippen molar-refractivity contribution in [2.75, 3.05) is 0 Å². The normalized spacial score (nSPS) is 10.8. The second kappa shape index (κ2) is 3.53. The summed E-state index contributed by atoms with van der Waals surface area (Å²) in [6, 6.07) is 0. The quantitative estimate of drug-likeness (QED) is 0.822. The Bertz CT molecular complexity index is 442. The lowest BCUT2D eigenvalue weighted by Crippen LogP contribution is -1.83. The first kappa shape index (κ1) is 9.40. The summed E-state index contributed by atoms with van der Waals surface area (Å²) in [5.41, 5.74) is 2.44. The second-order valence-corrected chi connectivity index (χ2v) is 4.37. The summed E-state index contributed by atoms with van der Waals surface area (Å²) in [7, 11) is 0. The number of hydrogen-bond acceptors (Lipinski definition) is 3. The zero-order valence-corrected chi connectivity index (χ0v) is 9.40. The van der Waals surface area contributed by atoms with Gasteiger partial charge in [0.25, 0.3) is 0 Å². The third kappa shape index (κ3) is 1.46. The summed E-state index contributed by atoms with van der Waals surface area (Å²) in [6.45, 7) is 6.30. The highest BCUT2D eigenvalue weighted by Crippen LogP contribution is 2.27. The SMILES string of the molecule is CCc1nc(-c2csc(C)c2C)n[nH]1. The lowest BCUT2D eigenvalue weighted by molar-refractivity contribution is 0.946. The van der Waals surface area contributed by atoms with Gasteiger partial charge >= 0.3 is 0 Å². The molecule has 3 nitrogen and oxygen atoms in total. The Hall–Kier alpha value is -1.16. The van der Waals surface area contributed by atoms with Crippen LogP contribution in [-0.4, -0.2) is 15.2 Å². The van der Waals surface area contributed by atoms with Crippen LogP contribution >= 0.6 is 11.3 Å². The van der Waals surface area contributed by atoms with Gasteiger partial charge in [-0.3, -0.25) is 5.10 Å². The van der Waals surface area contributed by atoms with Crippen LogP contribution in [-0.2, 0) is 6.42 Å². The Labute approximate surface area is 87.2 Å². The summed E-state index contributed by atoms with van der Waals surface area (Å²) in [5, 5.41) is 9.25. The van der Waals surface area contributed by atoms with Gasteiger partial charge in [-0.25, -0.2) is 4.98 Å². The van der Waals surface area contributed by atoms with Gasteiger partial charge in [0.2, 0.25) is 0 Å². The summed E-state index contributed by atoms with van der Waals surface area (Å²) < 4.78 is 0. The Morgan fingerprint density at radius 1 is 1.43 bits per heavy atom. The molecule has 74 valence electrons. The van der Waals surface area contributed by atoms with E-state index in [1.807, 2.05) is 0 Å². The molecule has 2 aromatic heterocycles. The molecule has 14 heavy (non-hydrogen) atoms. The number of hydrogen-bond donors (Lipinski definition) is 1. The zero-order valence-electron chi connectivity index (χ0n) is 8.59. The van der Waals surface area contributed by atoms with Crippen LogP contribution in [0.2, 0.25) is 0 Å². The van der Waals surface area contributed by atoms with Crippen LogP contribution in [0.4, 0.5) is 0 Å². The first-order valence-electron chi connectivity index (χ1n) is 4.68. The van der Waals surface area contributed by atoms with E-state index in [2.05, 4.69) is 41.3 Å². The molecule has 1 N–H and O–H groups in total. The highest BCUT2D eigenvalue weighted by atomic mass is 32.1. The molecule has 0 saturated carbocycles. The summed E-state index contributed by atoms with van der Waals surface area (Å²) in [6.07, 6.45) is 0.898. The molecule has 0 aliphatic heterocycles. The largest absolute Gasteiger partial charge is 0.263 e. The highest BCUT2D eigenvalue weighted by Gasteiger charge is 2.10. The molecule has 2 rings (SSSR count). The number of nitrogens with one attached hydrogen (secondary N) is 1. The van der Waals surface area contributed by atoms with Crippen molar-refractivity contribution in [1.82, 2.24) is 15.2 Å². The van der Waals surface area contributed by atoms with Crippen molar-refractivity contribution < 1.29 is 0 Å². The van der Waals surface area contributed by atoms with Gasteiger partial charge in [-0.1, -0.05) is 6.92 Å². The first-order valence-corrected chi connectivity index (χ1v) is 5.56. The number of rotatable bonds is 2. The Morgan fingerprint density at radius 2 is 2.21 bits per heavy atom. The maximum absolute atomic E-state index is 4.41. The zero-order chi connectivity index (χ0) is 10.1. The molecular formula is C10H13N3S. The molecular weight excluding hydrogens is 194 g/mol. The standard InChI is InChI=1S/C10H13N3S/c1-4-9-11-10(13-12-9)8-5-14-7(3)6(8)2/h5H,4H2,1-3H3,(H,11,12,13). The summed E-state index contributed by atoms with van der Waals surface area (Å²) in [5.74, 6) is 1.77. The van der Waals surface area contributed by atoms with Crippen molar-refractivity contribution >= 4 is 11.3 Å². The lowest BCUT2D eigenvalue weighted by Gasteiger charge is -1.92. The molecule has 2 heterocycles. The fourth-order valence-corrected chi connectivity index (χ4v) is 2.17. The van der Waals surface area contributed by atoms with E-state index in [1.165, 1.54) is 10.4 Å². The van der Waals surface area contributed by atoms with E-state index in [1.54, 1.807) is 11.3 Å². The molecule has 0 bridgehead atoms. The van der Waals surface area contributed by atoms with Crippen molar-refractivity contribution in [2.24, 2.45) is 0 Å². The molecule has 0 saturated heterocycles. The smallest absolute Gasteiger partial charge is 0.182 e. The number of H-pyrrole nitrogens is 1. The maximum atomic E-state index is 4.41. The Kier molecular flexibility index (Phi) is 2.37. The van der Waals surface area contributed by atoms with Crippen LogP contribution in [0.15, 0.2) is 5.38 Å². The Morgan fingerprint density at radius 3 is 2.71 bits per heavy atom. The van der Waals surface area contributed by atoms with Gasteiger partial charge in [0, 0.05) is 22.2 Å². The average molecular weight is 207 g/mol. The molecule has 0 amide bonds. The van der Waals surface area contributed by atoms with Gasteiger partial charge in [-0.15, -0.1) is 11.3 Å². The van der Waals surface area contributed by atoms with Crippen LogP contribution in [0.3, 0.4) is 0 Å². The van der Waals surface area contributed by atoms with E-state index in [9.17, 15) is 0 Å². The molecule has 2 aromatic rings. The number of aromatic nitrogens is 3. The molecule has 0 atom stereocenters. The van der Waals surface area contributed by atoms with Gasteiger partial charge in [0.15, 0.2) is 5.82 Å². The molecule has 4 heteroatoms. The number of nitrogens with zero attached hydrogens (tertiary/aromatic N) is 2. The molecule has 0 spiro atoms. The van der Waals surface area contributed by atoms with Crippen LogP contribution in [0, 0.1) is 13.8 Å². The predicted molar refractivity (Wildman–Crippen MR) is 58.5 cm³/mol. The minimum absolute atomic E-state index is 0.823. The van der Waals surface area contributed by atoms with Gasteiger partial charge in [0.1, 0.15) is 5.82 Å². The van der Waals surface area contributed by atoms with Crippen molar-refractivity contribution in [3.8, 4) is 11.4 Å². The highest BCUT2D eigenvalue weighted by molar-refractivity contribution is 7.10. The number of aryl methyl sites for hydroxylation is 2. The average Bonchev–Trinajstić information content (AvgIpc) is 2.75. The van der Waals surface area contributed by atoms with Crippen LogP contribution in [0.5, 0.6) is 0 Å². The van der Waals surface area contributed by atoms with Crippen LogP contribution < -0.4 is 0 Å². The van der Waals surface area contributed by atoms with Crippen molar-refractivity contribution in [3.63, 3.8) is 0 Å². The van der Waals surface area contributed by atoms with Gasteiger partial charge in [0.05, 0.1) is 0 Å². The van der Waals surface area contributed by atoms with Gasteiger partial charge < -0.3 is 0 Å². The minimum atomic E-state index is 0.823. The van der Waals surface area contributed by atoms with E-state index in [4.69, 9.17) is 0 Å². The van der Waals surface area contributed by atoms with Gasteiger partial charge in [-0.2, -0.15) is 5.10 Å². The van der Waals surface area contributed by atoms with Crippen LogP contribution in [0.25, 0.3) is 11.4 Å². The van der Waals surface area contributed by atoms with Gasteiger partial charge in [-0.05, 0) is 19.4 Å². The molecule has 0 unspecified atom stereocenters. The summed E-state index contributed by atoms with van der Waals surface area (Å²) in [4.78, 5) is 5.75. The number of aromatic amines is 1.